The van der Waals surface area contributed by atoms with Gasteiger partial charge in [-0.25, -0.2) is 4.79 Å². The molecule has 1 rings (SSSR count). The van der Waals surface area contributed by atoms with Gasteiger partial charge in [-0.2, -0.15) is 0 Å². The smallest absolute Gasteiger partial charge is 0.337 e. The van der Waals surface area contributed by atoms with E-state index in [0.29, 0.717) is 7.14 Å². The molecule has 1 atom stereocenters. The molecule has 1 aromatic carbocycles. The quantitative estimate of drug-likeness (QED) is 0.242. The second-order valence-corrected chi connectivity index (χ2v) is 7.19. The molecule has 116 valence electrons. The summed E-state index contributed by atoms with van der Waals surface area (Å²) in [5, 5.41) is 29.7. The monoisotopic (exact) mass is 632 g/mol. The third kappa shape index (κ3) is 4.29. The lowest BCUT2D eigenvalue weighted by Gasteiger charge is -2.16. The van der Waals surface area contributed by atoms with E-state index in [2.05, 4.69) is 5.32 Å². The molecule has 0 spiro atoms. The Labute approximate surface area is 161 Å². The average Bonchev–Trinajstić information content (AvgIpc) is 2.42. The van der Waals surface area contributed by atoms with E-state index in [-0.39, 0.29) is 26.9 Å². The molecule has 0 aromatic heterocycles. The van der Waals surface area contributed by atoms with Crippen molar-refractivity contribution < 1.29 is 24.9 Å². The Bertz CT molecular complexity index is 594. The number of nitrogen functional groups attached to an aromatic ring is 1. The van der Waals surface area contributed by atoms with Gasteiger partial charge in [-0.1, -0.05) is 0 Å². The minimum absolute atomic E-state index is 0.0260. The lowest BCUT2D eigenvalue weighted by Crippen LogP contribution is -2.35. The van der Waals surface area contributed by atoms with Crippen molar-refractivity contribution in [2.45, 2.75) is 6.10 Å². The fourth-order valence-electron chi connectivity index (χ4n) is 1.43. The molecule has 7 nitrogen and oxygen atoms in total. The van der Waals surface area contributed by atoms with Crippen molar-refractivity contribution in [3.63, 3.8) is 0 Å². The van der Waals surface area contributed by atoms with Crippen LogP contribution in [0.25, 0.3) is 0 Å². The second kappa shape index (κ2) is 8.07. The van der Waals surface area contributed by atoms with E-state index in [1.165, 1.54) is 0 Å². The molecular formula is C11H11I3N2O5. The van der Waals surface area contributed by atoms with Crippen LogP contribution in [0.2, 0.25) is 0 Å². The molecule has 0 radical (unpaired) electrons. The zero-order valence-electron chi connectivity index (χ0n) is 10.4. The first kappa shape index (κ1) is 19.1. The molecule has 0 aliphatic carbocycles. The third-order valence-corrected chi connectivity index (χ3v) is 5.82. The van der Waals surface area contributed by atoms with Crippen LogP contribution in [-0.4, -0.2) is 46.5 Å². The van der Waals surface area contributed by atoms with Crippen LogP contribution in [-0.2, 0) is 0 Å². The third-order valence-electron chi connectivity index (χ3n) is 2.50. The van der Waals surface area contributed by atoms with Crippen LogP contribution in [0.4, 0.5) is 5.69 Å². The normalized spacial score (nSPS) is 12.0. The van der Waals surface area contributed by atoms with E-state index in [1.54, 1.807) is 22.6 Å². The number of hydrogen-bond acceptors (Lipinski definition) is 5. The van der Waals surface area contributed by atoms with Crippen molar-refractivity contribution in [2.75, 3.05) is 18.9 Å². The summed E-state index contributed by atoms with van der Waals surface area (Å²) >= 11 is 5.49. The molecule has 0 fully saturated rings. The highest BCUT2D eigenvalue weighted by Crippen LogP contribution is 2.33. The summed E-state index contributed by atoms with van der Waals surface area (Å²) in [6.07, 6.45) is -1.08. The Kier molecular flexibility index (Phi) is 7.35. The van der Waals surface area contributed by atoms with E-state index in [9.17, 15) is 19.8 Å². The van der Waals surface area contributed by atoms with E-state index in [1.807, 2.05) is 45.2 Å². The van der Waals surface area contributed by atoms with Gasteiger partial charge < -0.3 is 26.4 Å². The summed E-state index contributed by atoms with van der Waals surface area (Å²) < 4.78 is 1.10. The van der Waals surface area contributed by atoms with Gasteiger partial charge in [0.15, 0.2) is 0 Å². The molecule has 0 unspecified atom stereocenters. The van der Waals surface area contributed by atoms with Gasteiger partial charge >= 0.3 is 5.97 Å². The van der Waals surface area contributed by atoms with Crippen molar-refractivity contribution >= 4 is 85.3 Å². The molecule has 0 saturated carbocycles. The highest BCUT2D eigenvalue weighted by atomic mass is 127. The van der Waals surface area contributed by atoms with Gasteiger partial charge in [0.05, 0.1) is 36.7 Å². The van der Waals surface area contributed by atoms with Crippen LogP contribution >= 0.6 is 67.8 Å². The number of aromatic carboxylic acids is 1. The summed E-state index contributed by atoms with van der Waals surface area (Å²) in [6, 6.07) is 0. The minimum Gasteiger partial charge on any atom is -0.478 e. The number of aliphatic hydroxyl groups is 2. The van der Waals surface area contributed by atoms with Crippen LogP contribution < -0.4 is 11.1 Å². The Morgan fingerprint density at radius 3 is 2.14 bits per heavy atom. The first-order chi connectivity index (χ1) is 9.72. The van der Waals surface area contributed by atoms with Crippen LogP contribution in [0, 0.1) is 10.7 Å². The van der Waals surface area contributed by atoms with E-state index in [0.717, 1.165) is 0 Å². The highest BCUT2D eigenvalue weighted by molar-refractivity contribution is 14.1. The minimum atomic E-state index is -1.17. The molecule has 1 amide bonds. The van der Waals surface area contributed by atoms with Gasteiger partial charge in [-0.05, 0) is 67.8 Å². The molecule has 1 aromatic rings. The molecule has 0 saturated heterocycles. The first-order valence-electron chi connectivity index (χ1n) is 5.48. The van der Waals surface area contributed by atoms with E-state index in [4.69, 9.17) is 10.8 Å². The van der Waals surface area contributed by atoms with Gasteiger partial charge in [-0.3, -0.25) is 4.79 Å². The Balaban J connectivity index is 3.30. The zero-order chi connectivity index (χ0) is 16.3. The summed E-state index contributed by atoms with van der Waals surface area (Å²) in [4.78, 5) is 23.5. The van der Waals surface area contributed by atoms with Crippen LogP contribution in [0.1, 0.15) is 20.7 Å². The number of halogens is 3. The lowest BCUT2D eigenvalue weighted by atomic mass is 10.1. The number of hydrogen-bond donors (Lipinski definition) is 5. The summed E-state index contributed by atoms with van der Waals surface area (Å²) in [5.41, 5.74) is 6.21. The molecule has 0 aliphatic rings. The van der Waals surface area contributed by atoms with Crippen LogP contribution in [0.3, 0.4) is 0 Å². The summed E-state index contributed by atoms with van der Waals surface area (Å²) in [7, 11) is 0. The lowest BCUT2D eigenvalue weighted by molar-refractivity contribution is 0.0694. The number of rotatable bonds is 5. The largest absolute Gasteiger partial charge is 0.478 e. The number of anilines is 1. The molecule has 21 heavy (non-hydrogen) atoms. The highest BCUT2D eigenvalue weighted by Gasteiger charge is 2.26. The van der Waals surface area contributed by atoms with Gasteiger partial charge in [0.25, 0.3) is 5.91 Å². The number of carboxylic acid groups (broad SMARTS) is 1. The number of nitrogens with two attached hydrogens (primary N) is 1. The molecule has 0 heterocycles. The number of benzene rings is 1. The number of amides is 1. The summed E-state index contributed by atoms with van der Waals surface area (Å²) in [6.45, 7) is -0.626. The Morgan fingerprint density at radius 2 is 1.67 bits per heavy atom. The number of carboxylic acids is 1. The van der Waals surface area contributed by atoms with Crippen molar-refractivity contribution in [1.29, 1.82) is 0 Å². The Morgan fingerprint density at radius 1 is 1.14 bits per heavy atom. The zero-order valence-corrected chi connectivity index (χ0v) is 16.8. The topological polar surface area (TPSA) is 133 Å². The summed E-state index contributed by atoms with van der Waals surface area (Å²) in [5.74, 6) is -1.72. The Hall–Kier alpha value is 0.0700. The molecule has 10 heteroatoms. The first-order valence-corrected chi connectivity index (χ1v) is 8.72. The van der Waals surface area contributed by atoms with Gasteiger partial charge in [0.2, 0.25) is 0 Å². The molecule has 6 N–H and O–H groups in total. The second-order valence-electron chi connectivity index (χ2n) is 3.96. The number of aliphatic hydroxyl groups excluding tert-OH is 2. The number of carbonyl (C=O) groups is 2. The van der Waals surface area contributed by atoms with Gasteiger partial charge in [0, 0.05) is 10.1 Å². The number of nitrogens with one attached hydrogen (secondary N) is 1. The van der Waals surface area contributed by atoms with Crippen LogP contribution in [0.5, 0.6) is 0 Å². The fraction of sp³-hybridized carbons (Fsp3) is 0.273. The standard InChI is InChI=1S/C11H11I3N2O5/c12-6-4(10(19)16-1-3(18)2-17)7(13)9(15)8(14)5(6)11(20)21/h3,17-18H,1-2,15H2,(H,16,19)(H,20,21)/t3-/m1/s1. The van der Waals surface area contributed by atoms with Crippen molar-refractivity contribution in [2.24, 2.45) is 0 Å². The van der Waals surface area contributed by atoms with E-state index >= 15 is 0 Å². The van der Waals surface area contributed by atoms with Crippen molar-refractivity contribution in [3.05, 3.63) is 21.8 Å². The molecule has 0 aliphatic heterocycles. The predicted octanol–water partition coefficient (Wildman–Crippen LogP) is 0.864. The van der Waals surface area contributed by atoms with Crippen molar-refractivity contribution in [3.8, 4) is 0 Å². The maximum atomic E-state index is 12.2. The van der Waals surface area contributed by atoms with Gasteiger partial charge in [0.1, 0.15) is 0 Å². The predicted molar refractivity (Wildman–Crippen MR) is 101 cm³/mol. The fourth-order valence-corrected chi connectivity index (χ4v) is 5.55. The molecular weight excluding hydrogens is 621 g/mol. The molecule has 0 bridgehead atoms. The number of carbonyl (C=O) groups excluding carboxylic acids is 1. The maximum absolute atomic E-state index is 12.2. The average molecular weight is 632 g/mol. The van der Waals surface area contributed by atoms with Gasteiger partial charge in [-0.15, -0.1) is 0 Å². The van der Waals surface area contributed by atoms with Crippen molar-refractivity contribution in [1.82, 2.24) is 5.32 Å². The SMILES string of the molecule is Nc1c(I)c(C(=O)O)c(I)c(C(=O)NC[C@@H](O)CO)c1I. The van der Waals surface area contributed by atoms with E-state index < -0.39 is 24.6 Å². The maximum Gasteiger partial charge on any atom is 0.337 e. The van der Waals surface area contributed by atoms with Crippen LogP contribution in [0.15, 0.2) is 0 Å².